The number of thiophene rings is 1. The topological polar surface area (TPSA) is 41.6 Å². The maximum Gasteiger partial charge on any atom is 0.236 e. The van der Waals surface area contributed by atoms with E-state index < -0.39 is 0 Å². The van der Waals surface area contributed by atoms with E-state index >= 15 is 0 Å². The number of carbonyl (C=O) groups is 1. The molecule has 0 atom stereocenters. The number of ether oxygens (including phenoxy) is 1. The van der Waals surface area contributed by atoms with Crippen molar-refractivity contribution in [2.75, 3.05) is 33.9 Å². The highest BCUT2D eigenvalue weighted by molar-refractivity contribution is 9.10. The molecule has 1 aromatic rings. The zero-order valence-electron chi connectivity index (χ0n) is 10.4. The van der Waals surface area contributed by atoms with Crippen LogP contribution in [0.25, 0.3) is 0 Å². The van der Waals surface area contributed by atoms with E-state index in [1.165, 1.54) is 4.88 Å². The Hall–Kier alpha value is -0.140. The average molecular weight is 358 g/mol. The fraction of sp³-hybridized carbons (Fsp3) is 0.545. The number of amides is 1. The predicted octanol–water partition coefficient (Wildman–Crippen LogP) is 2.13. The SMILES string of the molecule is COCCNCC(=O)N(C)Cc1cc(Br)cs1.Cl. The highest BCUT2D eigenvalue weighted by atomic mass is 79.9. The van der Waals surface area contributed by atoms with E-state index in [-0.39, 0.29) is 18.3 Å². The van der Waals surface area contributed by atoms with Crippen molar-refractivity contribution in [3.8, 4) is 0 Å². The Bertz CT molecular complexity index is 363. The summed E-state index contributed by atoms with van der Waals surface area (Å²) in [5.74, 6) is 0.0885. The Labute approximate surface area is 126 Å². The molecule has 0 saturated heterocycles. The Morgan fingerprint density at radius 2 is 2.33 bits per heavy atom. The number of halogens is 2. The number of methoxy groups -OCH3 is 1. The van der Waals surface area contributed by atoms with Crippen LogP contribution < -0.4 is 5.32 Å². The maximum absolute atomic E-state index is 11.7. The molecule has 0 aliphatic heterocycles. The smallest absolute Gasteiger partial charge is 0.236 e. The van der Waals surface area contributed by atoms with Crippen LogP contribution in [0, 0.1) is 0 Å². The lowest BCUT2D eigenvalue weighted by Gasteiger charge is -2.16. The lowest BCUT2D eigenvalue weighted by atomic mass is 10.4. The zero-order valence-corrected chi connectivity index (χ0v) is 13.7. The van der Waals surface area contributed by atoms with Crippen LogP contribution in [0.15, 0.2) is 15.9 Å². The number of hydrogen-bond acceptors (Lipinski definition) is 4. The van der Waals surface area contributed by atoms with Crippen LogP contribution >= 0.6 is 39.7 Å². The van der Waals surface area contributed by atoms with Crippen LogP contribution in [0.5, 0.6) is 0 Å². The van der Waals surface area contributed by atoms with Crippen LogP contribution in [-0.2, 0) is 16.1 Å². The highest BCUT2D eigenvalue weighted by Gasteiger charge is 2.09. The van der Waals surface area contributed by atoms with Gasteiger partial charge in [0, 0.05) is 35.4 Å². The summed E-state index contributed by atoms with van der Waals surface area (Å²) >= 11 is 5.05. The Morgan fingerprint density at radius 1 is 1.61 bits per heavy atom. The molecule has 0 fully saturated rings. The van der Waals surface area contributed by atoms with E-state index in [4.69, 9.17) is 4.74 Å². The molecule has 1 N–H and O–H groups in total. The van der Waals surface area contributed by atoms with Gasteiger partial charge in [0.2, 0.25) is 5.91 Å². The summed E-state index contributed by atoms with van der Waals surface area (Å²) in [6.07, 6.45) is 0. The molecule has 0 unspecified atom stereocenters. The number of likely N-dealkylation sites (N-methyl/N-ethyl adjacent to an activating group) is 1. The first-order valence-electron chi connectivity index (χ1n) is 5.30. The molecular formula is C11H18BrClN2O2S. The van der Waals surface area contributed by atoms with Crippen molar-refractivity contribution in [2.45, 2.75) is 6.54 Å². The highest BCUT2D eigenvalue weighted by Crippen LogP contribution is 2.20. The first kappa shape index (κ1) is 17.9. The van der Waals surface area contributed by atoms with Crippen molar-refractivity contribution in [2.24, 2.45) is 0 Å². The van der Waals surface area contributed by atoms with E-state index in [2.05, 4.69) is 21.2 Å². The van der Waals surface area contributed by atoms with E-state index in [9.17, 15) is 4.79 Å². The second-order valence-corrected chi connectivity index (χ2v) is 5.56. The second kappa shape index (κ2) is 9.75. The third-order valence-electron chi connectivity index (χ3n) is 2.20. The van der Waals surface area contributed by atoms with Crippen molar-refractivity contribution >= 4 is 45.6 Å². The van der Waals surface area contributed by atoms with Crippen LogP contribution in [0.4, 0.5) is 0 Å². The van der Waals surface area contributed by atoms with Gasteiger partial charge in [-0.05, 0) is 22.0 Å². The number of rotatable bonds is 7. The lowest BCUT2D eigenvalue weighted by Crippen LogP contribution is -2.36. The molecule has 18 heavy (non-hydrogen) atoms. The zero-order chi connectivity index (χ0) is 12.7. The molecule has 0 aliphatic rings. The van der Waals surface area contributed by atoms with Crippen molar-refractivity contribution in [1.82, 2.24) is 10.2 Å². The van der Waals surface area contributed by atoms with E-state index in [1.54, 1.807) is 23.3 Å². The Morgan fingerprint density at radius 3 is 2.89 bits per heavy atom. The number of hydrogen-bond donors (Lipinski definition) is 1. The minimum Gasteiger partial charge on any atom is -0.383 e. The first-order chi connectivity index (χ1) is 8.13. The standard InChI is InChI=1S/C11H17BrN2O2S.ClH/c1-14(7-10-5-9(12)8-17-10)11(15)6-13-3-4-16-2;/h5,8,13H,3-4,6-7H2,1-2H3;1H. The van der Waals surface area contributed by atoms with Crippen molar-refractivity contribution in [3.05, 3.63) is 20.8 Å². The molecule has 0 radical (unpaired) electrons. The van der Waals surface area contributed by atoms with Crippen molar-refractivity contribution < 1.29 is 9.53 Å². The van der Waals surface area contributed by atoms with Crippen molar-refractivity contribution in [3.63, 3.8) is 0 Å². The number of nitrogens with zero attached hydrogens (tertiary/aromatic N) is 1. The van der Waals surface area contributed by atoms with Gasteiger partial charge in [-0.3, -0.25) is 4.79 Å². The van der Waals surface area contributed by atoms with E-state index in [0.29, 0.717) is 26.2 Å². The molecule has 104 valence electrons. The number of nitrogens with one attached hydrogen (secondary N) is 1. The van der Waals surface area contributed by atoms with Crippen LogP contribution in [-0.4, -0.2) is 44.7 Å². The summed E-state index contributed by atoms with van der Waals surface area (Å²) in [5, 5.41) is 5.05. The fourth-order valence-electron chi connectivity index (χ4n) is 1.26. The van der Waals surface area contributed by atoms with Gasteiger partial charge in [0.1, 0.15) is 0 Å². The maximum atomic E-state index is 11.7. The molecule has 0 aliphatic carbocycles. The average Bonchev–Trinajstić information content (AvgIpc) is 2.70. The Kier molecular flexibility index (Phi) is 9.67. The minimum absolute atomic E-state index is 0. The largest absolute Gasteiger partial charge is 0.383 e. The number of carbonyl (C=O) groups excluding carboxylic acids is 1. The molecule has 7 heteroatoms. The van der Waals surface area contributed by atoms with Gasteiger partial charge >= 0.3 is 0 Å². The van der Waals surface area contributed by atoms with Crippen LogP contribution in [0.3, 0.4) is 0 Å². The van der Waals surface area contributed by atoms with Gasteiger partial charge in [0.25, 0.3) is 0 Å². The molecule has 0 bridgehead atoms. The monoisotopic (exact) mass is 356 g/mol. The quantitative estimate of drug-likeness (QED) is 0.760. The summed E-state index contributed by atoms with van der Waals surface area (Å²) < 4.78 is 5.96. The second-order valence-electron chi connectivity index (χ2n) is 3.65. The first-order valence-corrected chi connectivity index (χ1v) is 6.97. The van der Waals surface area contributed by atoms with Gasteiger partial charge in [0.15, 0.2) is 0 Å². The molecule has 0 spiro atoms. The molecule has 1 rings (SSSR count). The Balaban J connectivity index is 0.00000289. The van der Waals surface area contributed by atoms with Gasteiger partial charge in [0.05, 0.1) is 19.7 Å². The van der Waals surface area contributed by atoms with Crippen LogP contribution in [0.1, 0.15) is 4.88 Å². The third-order valence-corrected chi connectivity index (χ3v) is 3.88. The molecule has 1 heterocycles. The predicted molar refractivity (Wildman–Crippen MR) is 80.5 cm³/mol. The van der Waals surface area contributed by atoms with Crippen molar-refractivity contribution in [1.29, 1.82) is 0 Å². The van der Waals surface area contributed by atoms with E-state index in [0.717, 1.165) is 4.47 Å². The molecule has 0 saturated carbocycles. The summed E-state index contributed by atoms with van der Waals surface area (Å²) in [6.45, 7) is 2.32. The molecule has 0 aromatic carbocycles. The van der Waals surface area contributed by atoms with Gasteiger partial charge < -0.3 is 15.0 Å². The van der Waals surface area contributed by atoms with Gasteiger partial charge in [-0.25, -0.2) is 0 Å². The summed E-state index contributed by atoms with van der Waals surface area (Å²) in [5.41, 5.74) is 0. The minimum atomic E-state index is 0. The molecule has 1 amide bonds. The third kappa shape index (κ3) is 6.70. The van der Waals surface area contributed by atoms with Gasteiger partial charge in [-0.2, -0.15) is 0 Å². The van der Waals surface area contributed by atoms with E-state index in [1.807, 2.05) is 18.5 Å². The fourth-order valence-corrected chi connectivity index (χ4v) is 2.77. The van der Waals surface area contributed by atoms with Gasteiger partial charge in [-0.1, -0.05) is 0 Å². The van der Waals surface area contributed by atoms with Gasteiger partial charge in [-0.15, -0.1) is 23.7 Å². The van der Waals surface area contributed by atoms with Crippen LogP contribution in [0.2, 0.25) is 0 Å². The summed E-state index contributed by atoms with van der Waals surface area (Å²) in [6, 6.07) is 2.03. The molecule has 1 aromatic heterocycles. The molecule has 4 nitrogen and oxygen atoms in total. The summed E-state index contributed by atoms with van der Waals surface area (Å²) in [7, 11) is 3.46. The normalized spacial score (nSPS) is 9.94. The lowest BCUT2D eigenvalue weighted by molar-refractivity contribution is -0.129. The molecular weight excluding hydrogens is 340 g/mol. The summed E-state index contributed by atoms with van der Waals surface area (Å²) in [4.78, 5) is 14.6.